The van der Waals surface area contributed by atoms with E-state index in [1.165, 1.54) is 0 Å². The Morgan fingerprint density at radius 2 is 2.16 bits per heavy atom. The topological polar surface area (TPSA) is 64.9 Å². The molecule has 6 heteroatoms. The number of benzene rings is 1. The molecule has 0 aliphatic rings. The third-order valence-corrected chi connectivity index (χ3v) is 2.88. The number of aromatic nitrogens is 4. The van der Waals surface area contributed by atoms with E-state index in [0.29, 0.717) is 12.5 Å². The number of nitrogens with zero attached hydrogens (tertiary/aromatic N) is 4. The predicted molar refractivity (Wildman–Crippen MR) is 73.0 cm³/mol. The van der Waals surface area contributed by atoms with Crippen LogP contribution in [-0.2, 0) is 13.1 Å². The van der Waals surface area contributed by atoms with Crippen LogP contribution in [0.5, 0.6) is 5.75 Å². The third kappa shape index (κ3) is 3.43. The van der Waals surface area contributed by atoms with E-state index in [2.05, 4.69) is 27.8 Å². The normalized spacial score (nSPS) is 10.4. The van der Waals surface area contributed by atoms with Crippen molar-refractivity contribution in [2.75, 3.05) is 12.4 Å². The highest BCUT2D eigenvalue weighted by molar-refractivity contribution is 5.36. The number of rotatable bonds is 7. The summed E-state index contributed by atoms with van der Waals surface area (Å²) in [7, 11) is 1.67. The minimum absolute atomic E-state index is 0.635. The Bertz CT molecular complexity index is 511. The van der Waals surface area contributed by atoms with E-state index in [4.69, 9.17) is 4.74 Å². The minimum atomic E-state index is 0.635. The molecule has 0 fully saturated rings. The lowest BCUT2D eigenvalue weighted by Gasteiger charge is -2.10. The standard InChI is InChI=1S/C13H19N5O/c1-3-4-9-18-13(15-16-17-18)14-10-11-7-5-6-8-12(11)19-2/h5-8H,3-4,9-10H2,1-2H3,(H,14,15,17). The number of unbranched alkanes of at least 4 members (excludes halogenated alkanes) is 1. The minimum Gasteiger partial charge on any atom is -0.496 e. The van der Waals surface area contributed by atoms with Gasteiger partial charge >= 0.3 is 0 Å². The van der Waals surface area contributed by atoms with Gasteiger partial charge in [0.2, 0.25) is 5.95 Å². The fourth-order valence-electron chi connectivity index (χ4n) is 1.81. The van der Waals surface area contributed by atoms with Crippen LogP contribution in [0.3, 0.4) is 0 Å². The van der Waals surface area contributed by atoms with E-state index in [-0.39, 0.29) is 0 Å². The Kier molecular flexibility index (Phi) is 4.72. The molecule has 6 nitrogen and oxygen atoms in total. The zero-order chi connectivity index (χ0) is 13.5. The van der Waals surface area contributed by atoms with Gasteiger partial charge in [-0.15, -0.1) is 0 Å². The molecule has 1 heterocycles. The van der Waals surface area contributed by atoms with Gasteiger partial charge < -0.3 is 10.1 Å². The van der Waals surface area contributed by atoms with Gasteiger partial charge in [0.15, 0.2) is 0 Å². The fraction of sp³-hybridized carbons (Fsp3) is 0.462. The maximum Gasteiger partial charge on any atom is 0.243 e. The lowest BCUT2D eigenvalue weighted by atomic mass is 10.2. The summed E-state index contributed by atoms with van der Waals surface area (Å²) in [6.45, 7) is 3.61. The van der Waals surface area contributed by atoms with Crippen molar-refractivity contribution in [3.63, 3.8) is 0 Å². The van der Waals surface area contributed by atoms with Crippen LogP contribution in [0.25, 0.3) is 0 Å². The molecule has 0 aliphatic carbocycles. The maximum absolute atomic E-state index is 5.31. The number of hydrogen-bond donors (Lipinski definition) is 1. The molecule has 0 aliphatic heterocycles. The number of ether oxygens (including phenoxy) is 1. The number of para-hydroxylation sites is 1. The summed E-state index contributed by atoms with van der Waals surface area (Å²) in [5, 5.41) is 14.9. The van der Waals surface area contributed by atoms with Crippen molar-refractivity contribution in [2.45, 2.75) is 32.9 Å². The maximum atomic E-state index is 5.31. The van der Waals surface area contributed by atoms with Crippen LogP contribution < -0.4 is 10.1 Å². The molecule has 0 saturated heterocycles. The van der Waals surface area contributed by atoms with Crippen molar-refractivity contribution in [1.29, 1.82) is 0 Å². The molecule has 0 amide bonds. The van der Waals surface area contributed by atoms with E-state index in [0.717, 1.165) is 30.7 Å². The SMILES string of the molecule is CCCCn1nnnc1NCc1ccccc1OC. The van der Waals surface area contributed by atoms with Crippen LogP contribution in [0.15, 0.2) is 24.3 Å². The summed E-state index contributed by atoms with van der Waals surface area (Å²) >= 11 is 0. The van der Waals surface area contributed by atoms with Crippen LogP contribution in [-0.4, -0.2) is 27.3 Å². The summed E-state index contributed by atoms with van der Waals surface area (Å²) in [4.78, 5) is 0. The quantitative estimate of drug-likeness (QED) is 0.826. The molecule has 0 unspecified atom stereocenters. The van der Waals surface area contributed by atoms with Crippen LogP contribution in [0, 0.1) is 0 Å². The first-order valence-corrected chi connectivity index (χ1v) is 6.47. The van der Waals surface area contributed by atoms with Crippen molar-refractivity contribution >= 4 is 5.95 Å². The Hall–Kier alpha value is -2.11. The molecule has 102 valence electrons. The Labute approximate surface area is 112 Å². The van der Waals surface area contributed by atoms with Crippen LogP contribution in [0.1, 0.15) is 25.3 Å². The Balaban J connectivity index is 2.00. The van der Waals surface area contributed by atoms with Gasteiger partial charge in [-0.3, -0.25) is 0 Å². The molecule has 0 atom stereocenters. The zero-order valence-electron chi connectivity index (χ0n) is 11.3. The molecular weight excluding hydrogens is 242 g/mol. The van der Waals surface area contributed by atoms with E-state index < -0.39 is 0 Å². The molecule has 0 bridgehead atoms. The number of hydrogen-bond acceptors (Lipinski definition) is 5. The monoisotopic (exact) mass is 261 g/mol. The number of methoxy groups -OCH3 is 1. The zero-order valence-corrected chi connectivity index (χ0v) is 11.3. The molecule has 0 spiro atoms. The van der Waals surface area contributed by atoms with Crippen molar-refractivity contribution in [1.82, 2.24) is 20.2 Å². The van der Waals surface area contributed by atoms with Gasteiger partial charge in [0.05, 0.1) is 7.11 Å². The first-order valence-electron chi connectivity index (χ1n) is 6.47. The van der Waals surface area contributed by atoms with Crippen molar-refractivity contribution in [2.24, 2.45) is 0 Å². The van der Waals surface area contributed by atoms with Gasteiger partial charge in [0.25, 0.3) is 0 Å². The molecule has 0 saturated carbocycles. The summed E-state index contributed by atoms with van der Waals surface area (Å²) in [6, 6.07) is 7.90. The van der Waals surface area contributed by atoms with Gasteiger partial charge in [-0.05, 0) is 22.9 Å². The van der Waals surface area contributed by atoms with Gasteiger partial charge in [-0.25, -0.2) is 4.68 Å². The Morgan fingerprint density at radius 1 is 1.32 bits per heavy atom. The second-order valence-corrected chi connectivity index (χ2v) is 4.24. The van der Waals surface area contributed by atoms with E-state index in [1.54, 1.807) is 11.8 Å². The highest BCUT2D eigenvalue weighted by Crippen LogP contribution is 2.18. The lowest BCUT2D eigenvalue weighted by molar-refractivity contribution is 0.410. The molecule has 19 heavy (non-hydrogen) atoms. The number of anilines is 1. The second kappa shape index (κ2) is 6.72. The molecule has 0 radical (unpaired) electrons. The number of nitrogens with one attached hydrogen (secondary N) is 1. The molecular formula is C13H19N5O. The van der Waals surface area contributed by atoms with E-state index in [9.17, 15) is 0 Å². The summed E-state index contributed by atoms with van der Waals surface area (Å²) in [5.41, 5.74) is 1.08. The summed E-state index contributed by atoms with van der Waals surface area (Å²) in [6.07, 6.45) is 2.18. The van der Waals surface area contributed by atoms with Crippen LogP contribution >= 0.6 is 0 Å². The molecule has 1 aromatic heterocycles. The smallest absolute Gasteiger partial charge is 0.243 e. The highest BCUT2D eigenvalue weighted by atomic mass is 16.5. The summed E-state index contributed by atoms with van der Waals surface area (Å²) < 4.78 is 7.10. The highest BCUT2D eigenvalue weighted by Gasteiger charge is 2.06. The first-order chi connectivity index (χ1) is 9.35. The van der Waals surface area contributed by atoms with Crippen molar-refractivity contribution in [3.05, 3.63) is 29.8 Å². The van der Waals surface area contributed by atoms with Gasteiger partial charge in [-0.2, -0.15) is 0 Å². The van der Waals surface area contributed by atoms with Crippen LogP contribution in [0.2, 0.25) is 0 Å². The second-order valence-electron chi connectivity index (χ2n) is 4.24. The molecule has 1 aromatic carbocycles. The predicted octanol–water partition coefficient (Wildman–Crippen LogP) is 2.09. The fourth-order valence-corrected chi connectivity index (χ4v) is 1.81. The molecule has 1 N–H and O–H groups in total. The van der Waals surface area contributed by atoms with Crippen LogP contribution in [0.4, 0.5) is 5.95 Å². The number of aryl methyl sites for hydroxylation is 1. The molecule has 2 aromatic rings. The summed E-state index contributed by atoms with van der Waals surface area (Å²) in [5.74, 6) is 1.56. The number of tetrazole rings is 1. The van der Waals surface area contributed by atoms with Gasteiger partial charge in [-0.1, -0.05) is 36.6 Å². The first kappa shape index (κ1) is 13.3. The van der Waals surface area contributed by atoms with Gasteiger partial charge in [0, 0.05) is 18.7 Å². The Morgan fingerprint density at radius 3 is 2.95 bits per heavy atom. The van der Waals surface area contributed by atoms with E-state index >= 15 is 0 Å². The third-order valence-electron chi connectivity index (χ3n) is 2.88. The van der Waals surface area contributed by atoms with Crippen molar-refractivity contribution < 1.29 is 4.74 Å². The van der Waals surface area contributed by atoms with Crippen molar-refractivity contribution in [3.8, 4) is 5.75 Å². The van der Waals surface area contributed by atoms with Gasteiger partial charge in [0.1, 0.15) is 5.75 Å². The molecule has 2 rings (SSSR count). The average Bonchev–Trinajstić information content (AvgIpc) is 2.90. The largest absolute Gasteiger partial charge is 0.496 e. The lowest BCUT2D eigenvalue weighted by Crippen LogP contribution is -2.09. The average molecular weight is 261 g/mol. The van der Waals surface area contributed by atoms with E-state index in [1.807, 2.05) is 24.3 Å².